The molecule has 2 aromatic carbocycles. The number of benzene rings is 2. The third kappa shape index (κ3) is 5.03. The molecule has 10 heteroatoms. The van der Waals surface area contributed by atoms with E-state index in [0.717, 1.165) is 24.3 Å². The normalized spacial score (nSPS) is 11.0. The van der Waals surface area contributed by atoms with Crippen molar-refractivity contribution in [1.82, 2.24) is 0 Å². The summed E-state index contributed by atoms with van der Waals surface area (Å²) in [5.74, 6) is -1.70. The number of alkyl halides is 3. The molecule has 7 nitrogen and oxygen atoms in total. The van der Waals surface area contributed by atoms with Crippen molar-refractivity contribution in [2.45, 2.75) is 13.1 Å². The van der Waals surface area contributed by atoms with Crippen LogP contribution in [0.3, 0.4) is 0 Å². The second-order valence-corrected chi connectivity index (χ2v) is 5.41. The summed E-state index contributed by atoms with van der Waals surface area (Å²) >= 11 is 0. The number of hydrogen-bond acceptors (Lipinski definition) is 5. The van der Waals surface area contributed by atoms with Gasteiger partial charge in [-0.15, -0.1) is 0 Å². The van der Waals surface area contributed by atoms with Gasteiger partial charge in [0, 0.05) is 17.3 Å². The zero-order valence-electron chi connectivity index (χ0n) is 13.9. The van der Waals surface area contributed by atoms with Crippen molar-refractivity contribution in [2.75, 3.05) is 11.9 Å². The van der Waals surface area contributed by atoms with E-state index in [0.29, 0.717) is 0 Å². The van der Waals surface area contributed by atoms with Crippen molar-refractivity contribution in [3.8, 4) is 0 Å². The van der Waals surface area contributed by atoms with Crippen LogP contribution in [0.2, 0.25) is 0 Å². The van der Waals surface area contributed by atoms with Gasteiger partial charge in [-0.3, -0.25) is 14.9 Å². The van der Waals surface area contributed by atoms with Crippen LogP contribution < -0.4 is 5.32 Å². The van der Waals surface area contributed by atoms with Crippen LogP contribution in [0.5, 0.6) is 0 Å². The van der Waals surface area contributed by atoms with Crippen LogP contribution in [0.15, 0.2) is 42.5 Å². The number of anilines is 1. The maximum atomic E-state index is 12.5. The number of nitro groups is 1. The largest absolute Gasteiger partial charge is 0.452 e. The van der Waals surface area contributed by atoms with Crippen LogP contribution in [0.4, 0.5) is 24.5 Å². The van der Waals surface area contributed by atoms with Gasteiger partial charge in [-0.05, 0) is 37.3 Å². The average Bonchev–Trinajstić information content (AvgIpc) is 2.59. The molecule has 0 fully saturated rings. The summed E-state index contributed by atoms with van der Waals surface area (Å²) in [6, 6.07) is 7.58. The highest BCUT2D eigenvalue weighted by Crippen LogP contribution is 2.29. The summed E-state index contributed by atoms with van der Waals surface area (Å²) in [5.41, 5.74) is -1.01. The quantitative estimate of drug-likeness (QED) is 0.483. The minimum absolute atomic E-state index is 0.0634. The van der Waals surface area contributed by atoms with Crippen molar-refractivity contribution >= 4 is 23.3 Å². The third-order valence-corrected chi connectivity index (χ3v) is 3.55. The fraction of sp³-hybridized carbons (Fsp3) is 0.176. The first kappa shape index (κ1) is 19.9. The second kappa shape index (κ2) is 7.85. The zero-order chi connectivity index (χ0) is 20.2. The highest BCUT2D eigenvalue weighted by molar-refractivity contribution is 5.96. The summed E-state index contributed by atoms with van der Waals surface area (Å²) in [6.45, 7) is 0.666. The summed E-state index contributed by atoms with van der Waals surface area (Å²) in [6.07, 6.45) is -4.49. The standard InChI is InChI=1S/C17H13F3N2O5/c1-10-13(3-2-4-14(10)22(25)26)16(24)27-9-15(23)21-12-7-5-11(6-8-12)17(18,19)20/h2-8H,9H2,1H3,(H,21,23). The number of amides is 1. The predicted octanol–water partition coefficient (Wildman–Crippen LogP) is 3.72. The number of nitrogens with zero attached hydrogens (tertiary/aromatic N) is 1. The molecule has 0 saturated carbocycles. The van der Waals surface area contributed by atoms with Gasteiger partial charge in [-0.25, -0.2) is 4.79 Å². The lowest BCUT2D eigenvalue weighted by atomic mass is 10.1. The monoisotopic (exact) mass is 382 g/mol. The van der Waals surface area contributed by atoms with E-state index in [1.54, 1.807) is 0 Å². The molecule has 0 heterocycles. The number of hydrogen-bond donors (Lipinski definition) is 1. The molecular weight excluding hydrogens is 369 g/mol. The Labute approximate surface area is 150 Å². The Bertz CT molecular complexity index is 879. The topological polar surface area (TPSA) is 98.5 Å². The molecule has 0 atom stereocenters. The van der Waals surface area contributed by atoms with Crippen LogP contribution in [0.1, 0.15) is 21.5 Å². The summed E-state index contributed by atoms with van der Waals surface area (Å²) in [7, 11) is 0. The molecular formula is C17H13F3N2O5. The summed E-state index contributed by atoms with van der Waals surface area (Å²) < 4.78 is 42.2. The van der Waals surface area contributed by atoms with E-state index in [1.807, 2.05) is 0 Å². The van der Waals surface area contributed by atoms with Crippen LogP contribution in [-0.4, -0.2) is 23.4 Å². The maximum Gasteiger partial charge on any atom is 0.416 e. The van der Waals surface area contributed by atoms with E-state index < -0.39 is 35.1 Å². The van der Waals surface area contributed by atoms with E-state index in [2.05, 4.69) is 5.32 Å². The number of ether oxygens (including phenoxy) is 1. The number of nitro benzene ring substituents is 1. The van der Waals surface area contributed by atoms with E-state index >= 15 is 0 Å². The molecule has 2 aromatic rings. The van der Waals surface area contributed by atoms with E-state index in [1.165, 1.54) is 25.1 Å². The Hall–Kier alpha value is -3.43. The number of halogens is 3. The molecule has 0 bridgehead atoms. The van der Waals surface area contributed by atoms with Gasteiger partial charge in [-0.1, -0.05) is 6.07 Å². The van der Waals surface area contributed by atoms with Crippen LogP contribution in [0.25, 0.3) is 0 Å². The van der Waals surface area contributed by atoms with Crippen molar-refractivity contribution in [1.29, 1.82) is 0 Å². The lowest BCUT2D eigenvalue weighted by Crippen LogP contribution is -2.21. The Morgan fingerprint density at radius 2 is 1.78 bits per heavy atom. The molecule has 142 valence electrons. The number of esters is 1. The number of nitrogens with one attached hydrogen (secondary N) is 1. The van der Waals surface area contributed by atoms with E-state index in [4.69, 9.17) is 4.74 Å². The van der Waals surface area contributed by atoms with Crippen molar-refractivity contribution < 1.29 is 32.4 Å². The van der Waals surface area contributed by atoms with Crippen molar-refractivity contribution in [3.63, 3.8) is 0 Å². The molecule has 1 N–H and O–H groups in total. The summed E-state index contributed by atoms with van der Waals surface area (Å²) in [5, 5.41) is 13.2. The Morgan fingerprint density at radius 1 is 1.15 bits per heavy atom. The first-order valence-corrected chi connectivity index (χ1v) is 7.48. The number of carbonyl (C=O) groups excluding carboxylic acids is 2. The molecule has 0 aliphatic rings. The Balaban J connectivity index is 1.97. The van der Waals surface area contributed by atoms with E-state index in [-0.39, 0.29) is 22.5 Å². The van der Waals surface area contributed by atoms with Gasteiger partial charge < -0.3 is 10.1 Å². The Kier molecular flexibility index (Phi) is 5.78. The third-order valence-electron chi connectivity index (χ3n) is 3.55. The number of rotatable bonds is 5. The molecule has 0 spiro atoms. The van der Waals surface area contributed by atoms with Gasteiger partial charge in [0.25, 0.3) is 11.6 Å². The van der Waals surface area contributed by atoms with Crippen LogP contribution in [-0.2, 0) is 15.7 Å². The number of carbonyl (C=O) groups is 2. The van der Waals surface area contributed by atoms with Gasteiger partial charge in [0.1, 0.15) is 0 Å². The van der Waals surface area contributed by atoms with Crippen molar-refractivity contribution in [2.24, 2.45) is 0 Å². The van der Waals surface area contributed by atoms with Gasteiger partial charge in [0.2, 0.25) is 0 Å². The Morgan fingerprint density at radius 3 is 2.33 bits per heavy atom. The molecule has 0 aromatic heterocycles. The summed E-state index contributed by atoms with van der Waals surface area (Å²) in [4.78, 5) is 34.0. The maximum absolute atomic E-state index is 12.5. The first-order valence-electron chi connectivity index (χ1n) is 7.48. The minimum Gasteiger partial charge on any atom is -0.452 e. The predicted molar refractivity (Wildman–Crippen MR) is 88.2 cm³/mol. The molecule has 0 radical (unpaired) electrons. The fourth-order valence-electron chi connectivity index (χ4n) is 2.19. The average molecular weight is 382 g/mol. The first-order chi connectivity index (χ1) is 12.6. The molecule has 1 amide bonds. The SMILES string of the molecule is Cc1c(C(=O)OCC(=O)Nc2ccc(C(F)(F)F)cc2)cccc1[N+](=O)[O-]. The zero-order valence-corrected chi connectivity index (χ0v) is 13.9. The molecule has 0 aliphatic heterocycles. The van der Waals surface area contributed by atoms with Crippen molar-refractivity contribution in [3.05, 3.63) is 69.3 Å². The van der Waals surface area contributed by atoms with Gasteiger partial charge >= 0.3 is 12.1 Å². The smallest absolute Gasteiger partial charge is 0.416 e. The van der Waals surface area contributed by atoms with Crippen LogP contribution in [0, 0.1) is 17.0 Å². The second-order valence-electron chi connectivity index (χ2n) is 5.41. The highest BCUT2D eigenvalue weighted by atomic mass is 19.4. The fourth-order valence-corrected chi connectivity index (χ4v) is 2.19. The minimum atomic E-state index is -4.49. The molecule has 0 saturated heterocycles. The molecule has 27 heavy (non-hydrogen) atoms. The molecule has 2 rings (SSSR count). The van der Waals surface area contributed by atoms with E-state index in [9.17, 15) is 32.9 Å². The molecule has 0 aliphatic carbocycles. The van der Waals surface area contributed by atoms with Crippen LogP contribution >= 0.6 is 0 Å². The van der Waals surface area contributed by atoms with Gasteiger partial charge in [0.05, 0.1) is 16.1 Å². The highest BCUT2D eigenvalue weighted by Gasteiger charge is 2.30. The lowest BCUT2D eigenvalue weighted by molar-refractivity contribution is -0.385. The lowest BCUT2D eigenvalue weighted by Gasteiger charge is -2.10. The molecule has 0 unspecified atom stereocenters. The van der Waals surface area contributed by atoms with Gasteiger partial charge in [0.15, 0.2) is 6.61 Å². The van der Waals surface area contributed by atoms with Gasteiger partial charge in [-0.2, -0.15) is 13.2 Å².